The molecule has 0 spiro atoms. The van der Waals surface area contributed by atoms with Crippen LogP contribution in [-0.2, 0) is 17.9 Å². The van der Waals surface area contributed by atoms with Gasteiger partial charge in [0.2, 0.25) is 0 Å². The second-order valence-corrected chi connectivity index (χ2v) is 5.81. The number of furan rings is 1. The Morgan fingerprint density at radius 3 is 2.83 bits per heavy atom. The fraction of sp³-hybridized carbons (Fsp3) is 0.188. The highest BCUT2D eigenvalue weighted by atomic mass is 32.1. The van der Waals surface area contributed by atoms with Crippen LogP contribution in [-0.4, -0.2) is 23.2 Å². The number of hydrogen-bond donors (Lipinski definition) is 1. The molecule has 0 bridgehead atoms. The maximum atomic E-state index is 12.0. The van der Waals surface area contributed by atoms with Gasteiger partial charge in [-0.25, -0.2) is 0 Å². The molecule has 3 aromatic rings. The van der Waals surface area contributed by atoms with Gasteiger partial charge in [-0.3, -0.25) is 4.79 Å². The summed E-state index contributed by atoms with van der Waals surface area (Å²) in [5.41, 5.74) is 1.01. The number of rotatable bonds is 6. The standard InChI is InChI=1S/C16H15N3O3S/c1-21-10-12-7-8-13(22-12)15(20)17-9-14-18-19-16(23-14)11-5-3-2-4-6-11/h2-8H,9-10H2,1H3,(H,17,20). The van der Waals surface area contributed by atoms with Crippen LogP contribution in [0.2, 0.25) is 0 Å². The molecule has 0 fully saturated rings. The van der Waals surface area contributed by atoms with E-state index in [4.69, 9.17) is 9.15 Å². The highest BCUT2D eigenvalue weighted by molar-refractivity contribution is 7.14. The molecule has 6 nitrogen and oxygen atoms in total. The molecule has 118 valence electrons. The number of benzene rings is 1. The third kappa shape index (κ3) is 3.82. The minimum Gasteiger partial charge on any atom is -0.453 e. The molecule has 3 rings (SSSR count). The normalized spacial score (nSPS) is 10.7. The number of carbonyl (C=O) groups is 1. The summed E-state index contributed by atoms with van der Waals surface area (Å²) in [5, 5.41) is 12.6. The molecular weight excluding hydrogens is 314 g/mol. The molecule has 1 amide bonds. The quantitative estimate of drug-likeness (QED) is 0.752. The fourth-order valence-corrected chi connectivity index (χ4v) is 2.77. The second kappa shape index (κ2) is 7.17. The first kappa shape index (κ1) is 15.4. The summed E-state index contributed by atoms with van der Waals surface area (Å²) in [5.74, 6) is 0.577. The molecule has 0 radical (unpaired) electrons. The topological polar surface area (TPSA) is 77.2 Å². The van der Waals surface area contributed by atoms with E-state index in [0.29, 0.717) is 18.9 Å². The number of ether oxygens (including phenoxy) is 1. The summed E-state index contributed by atoms with van der Waals surface area (Å²) in [4.78, 5) is 12.0. The molecule has 1 N–H and O–H groups in total. The van der Waals surface area contributed by atoms with E-state index >= 15 is 0 Å². The summed E-state index contributed by atoms with van der Waals surface area (Å²) < 4.78 is 10.3. The Hall–Kier alpha value is -2.51. The van der Waals surface area contributed by atoms with E-state index in [1.807, 2.05) is 30.3 Å². The van der Waals surface area contributed by atoms with Crippen molar-refractivity contribution in [2.75, 3.05) is 7.11 Å². The van der Waals surface area contributed by atoms with Crippen molar-refractivity contribution in [1.29, 1.82) is 0 Å². The largest absolute Gasteiger partial charge is 0.453 e. The summed E-state index contributed by atoms with van der Waals surface area (Å²) in [6.07, 6.45) is 0. The van der Waals surface area contributed by atoms with E-state index in [9.17, 15) is 4.79 Å². The Labute approximate surface area is 137 Å². The Morgan fingerprint density at radius 1 is 1.22 bits per heavy atom. The van der Waals surface area contributed by atoms with E-state index in [1.54, 1.807) is 19.2 Å². The summed E-state index contributed by atoms with van der Waals surface area (Å²) in [7, 11) is 1.57. The Bertz CT molecular complexity index is 783. The SMILES string of the molecule is COCc1ccc(C(=O)NCc2nnc(-c3ccccc3)s2)o1. The third-order valence-corrected chi connectivity index (χ3v) is 4.03. The van der Waals surface area contributed by atoms with E-state index in [-0.39, 0.29) is 11.7 Å². The predicted octanol–water partition coefficient (Wildman–Crippen LogP) is 2.87. The zero-order valence-electron chi connectivity index (χ0n) is 12.5. The molecule has 0 unspecified atom stereocenters. The highest BCUT2D eigenvalue weighted by Crippen LogP contribution is 2.22. The third-order valence-electron chi connectivity index (χ3n) is 3.06. The van der Waals surface area contributed by atoms with Crippen molar-refractivity contribution < 1.29 is 13.9 Å². The predicted molar refractivity (Wildman–Crippen MR) is 85.9 cm³/mol. The molecule has 0 atom stereocenters. The van der Waals surface area contributed by atoms with Crippen LogP contribution in [0.3, 0.4) is 0 Å². The van der Waals surface area contributed by atoms with E-state index in [2.05, 4.69) is 15.5 Å². The van der Waals surface area contributed by atoms with Crippen LogP contribution in [0.25, 0.3) is 10.6 Å². The van der Waals surface area contributed by atoms with Gasteiger partial charge in [-0.1, -0.05) is 41.7 Å². The number of hydrogen-bond acceptors (Lipinski definition) is 6. The zero-order valence-corrected chi connectivity index (χ0v) is 13.3. The molecule has 0 aliphatic carbocycles. The number of amides is 1. The molecule has 2 heterocycles. The smallest absolute Gasteiger partial charge is 0.287 e. The van der Waals surface area contributed by atoms with Gasteiger partial charge in [-0.05, 0) is 12.1 Å². The first-order valence-electron chi connectivity index (χ1n) is 7.00. The van der Waals surface area contributed by atoms with Gasteiger partial charge in [0.1, 0.15) is 22.4 Å². The average Bonchev–Trinajstić information content (AvgIpc) is 3.23. The lowest BCUT2D eigenvalue weighted by Crippen LogP contribution is -2.22. The van der Waals surface area contributed by atoms with Crippen LogP contribution in [0, 0.1) is 0 Å². The summed E-state index contributed by atoms with van der Waals surface area (Å²) >= 11 is 1.45. The molecule has 2 aromatic heterocycles. The van der Waals surface area contributed by atoms with Gasteiger partial charge in [-0.2, -0.15) is 0 Å². The minimum absolute atomic E-state index is 0.254. The molecular formula is C16H15N3O3S. The van der Waals surface area contributed by atoms with Gasteiger partial charge in [0.25, 0.3) is 5.91 Å². The summed E-state index contributed by atoms with van der Waals surface area (Å²) in [6, 6.07) is 13.1. The molecule has 0 saturated carbocycles. The van der Waals surface area contributed by atoms with Crippen LogP contribution in [0.4, 0.5) is 0 Å². The Kier molecular flexibility index (Phi) is 4.80. The van der Waals surface area contributed by atoms with Crippen LogP contribution in [0.1, 0.15) is 21.3 Å². The molecule has 7 heteroatoms. The number of aromatic nitrogens is 2. The van der Waals surface area contributed by atoms with Gasteiger partial charge in [0.05, 0.1) is 6.54 Å². The summed E-state index contributed by atoms with van der Waals surface area (Å²) in [6.45, 7) is 0.647. The highest BCUT2D eigenvalue weighted by Gasteiger charge is 2.12. The lowest BCUT2D eigenvalue weighted by atomic mass is 10.2. The van der Waals surface area contributed by atoms with Crippen molar-refractivity contribution >= 4 is 17.2 Å². The van der Waals surface area contributed by atoms with Crippen molar-refractivity contribution in [1.82, 2.24) is 15.5 Å². The lowest BCUT2D eigenvalue weighted by Gasteiger charge is -1.99. The van der Waals surface area contributed by atoms with Crippen molar-refractivity contribution in [3.63, 3.8) is 0 Å². The van der Waals surface area contributed by atoms with E-state index in [1.165, 1.54) is 11.3 Å². The maximum absolute atomic E-state index is 12.0. The number of methoxy groups -OCH3 is 1. The molecule has 0 aliphatic rings. The van der Waals surface area contributed by atoms with Crippen molar-refractivity contribution in [2.45, 2.75) is 13.2 Å². The van der Waals surface area contributed by atoms with Gasteiger partial charge in [-0.15, -0.1) is 10.2 Å². The fourth-order valence-electron chi connectivity index (χ4n) is 1.99. The molecule has 0 aliphatic heterocycles. The van der Waals surface area contributed by atoms with Gasteiger partial charge >= 0.3 is 0 Å². The minimum atomic E-state index is -0.288. The number of nitrogens with zero attached hydrogens (tertiary/aromatic N) is 2. The zero-order chi connectivity index (χ0) is 16.1. The number of carbonyl (C=O) groups excluding carboxylic acids is 1. The van der Waals surface area contributed by atoms with Crippen LogP contribution in [0.15, 0.2) is 46.9 Å². The first-order valence-corrected chi connectivity index (χ1v) is 7.81. The maximum Gasteiger partial charge on any atom is 0.287 e. The van der Waals surface area contributed by atoms with Crippen LogP contribution < -0.4 is 5.32 Å². The Morgan fingerprint density at radius 2 is 2.04 bits per heavy atom. The first-order chi connectivity index (χ1) is 11.3. The van der Waals surface area contributed by atoms with Crippen LogP contribution in [0.5, 0.6) is 0 Å². The molecule has 0 saturated heterocycles. The van der Waals surface area contributed by atoms with E-state index < -0.39 is 0 Å². The molecule has 23 heavy (non-hydrogen) atoms. The van der Waals surface area contributed by atoms with Crippen molar-refractivity contribution in [3.05, 3.63) is 59.0 Å². The monoisotopic (exact) mass is 329 g/mol. The van der Waals surface area contributed by atoms with Crippen molar-refractivity contribution in [3.8, 4) is 10.6 Å². The van der Waals surface area contributed by atoms with Crippen molar-refractivity contribution in [2.24, 2.45) is 0 Å². The Balaban J connectivity index is 1.60. The molecule has 1 aromatic carbocycles. The van der Waals surface area contributed by atoms with Crippen LogP contribution >= 0.6 is 11.3 Å². The lowest BCUT2D eigenvalue weighted by molar-refractivity contribution is 0.0914. The average molecular weight is 329 g/mol. The second-order valence-electron chi connectivity index (χ2n) is 4.75. The van der Waals surface area contributed by atoms with Gasteiger partial charge in [0.15, 0.2) is 5.76 Å². The van der Waals surface area contributed by atoms with Gasteiger partial charge in [0, 0.05) is 12.7 Å². The van der Waals surface area contributed by atoms with Gasteiger partial charge < -0.3 is 14.5 Å². The number of nitrogens with one attached hydrogen (secondary N) is 1. The van der Waals surface area contributed by atoms with E-state index in [0.717, 1.165) is 15.6 Å².